The second-order valence-electron chi connectivity index (χ2n) is 4.74. The van der Waals surface area contributed by atoms with Crippen molar-refractivity contribution in [3.8, 4) is 0 Å². The second kappa shape index (κ2) is 7.14. The maximum Gasteiger partial charge on any atom is 0.0796 e. The molecule has 100 valence electrons. The number of morpholine rings is 1. The molecule has 0 radical (unpaired) electrons. The van der Waals surface area contributed by atoms with Gasteiger partial charge in [0.1, 0.15) is 0 Å². The number of hydrogen-bond donors (Lipinski definition) is 1. The molecule has 0 aromatic heterocycles. The van der Waals surface area contributed by atoms with Crippen molar-refractivity contribution in [1.29, 1.82) is 0 Å². The van der Waals surface area contributed by atoms with Gasteiger partial charge in [0.25, 0.3) is 0 Å². The molecule has 1 unspecified atom stereocenters. The Kier molecular flexibility index (Phi) is 5.50. The summed E-state index contributed by atoms with van der Waals surface area (Å²) in [6, 6.07) is 8.72. The number of rotatable bonds is 5. The van der Waals surface area contributed by atoms with Crippen molar-refractivity contribution in [3.05, 3.63) is 29.8 Å². The topological polar surface area (TPSA) is 24.5 Å². The standard InChI is InChI=1S/C14H22N2OS/c1-15-9-12-4-3-5-14(8-12)18-11-13-10-16(2)6-7-17-13/h3-5,8,13,15H,6-7,9-11H2,1-2H3. The molecule has 0 amide bonds. The first-order chi connectivity index (χ1) is 8.78. The Labute approximate surface area is 114 Å². The monoisotopic (exact) mass is 266 g/mol. The summed E-state index contributed by atoms with van der Waals surface area (Å²) in [5.41, 5.74) is 1.34. The van der Waals surface area contributed by atoms with Gasteiger partial charge in [-0.2, -0.15) is 0 Å². The first-order valence-corrected chi connectivity index (χ1v) is 7.43. The van der Waals surface area contributed by atoms with E-state index in [-0.39, 0.29) is 0 Å². The lowest BCUT2D eigenvalue weighted by Crippen LogP contribution is -2.41. The average molecular weight is 266 g/mol. The van der Waals surface area contributed by atoms with Gasteiger partial charge in [0.15, 0.2) is 0 Å². The molecule has 1 aromatic rings. The molecule has 1 saturated heterocycles. The third kappa shape index (κ3) is 4.28. The third-order valence-electron chi connectivity index (χ3n) is 3.06. The van der Waals surface area contributed by atoms with Crippen LogP contribution in [0, 0.1) is 0 Å². The second-order valence-corrected chi connectivity index (χ2v) is 5.84. The van der Waals surface area contributed by atoms with E-state index in [1.165, 1.54) is 10.5 Å². The molecule has 4 heteroatoms. The number of nitrogens with one attached hydrogen (secondary N) is 1. The molecule has 1 fully saturated rings. The van der Waals surface area contributed by atoms with Gasteiger partial charge in [0.05, 0.1) is 12.7 Å². The van der Waals surface area contributed by atoms with Crippen LogP contribution in [0.1, 0.15) is 5.56 Å². The van der Waals surface area contributed by atoms with E-state index in [9.17, 15) is 0 Å². The number of ether oxygens (including phenoxy) is 1. The lowest BCUT2D eigenvalue weighted by atomic mass is 10.2. The minimum absolute atomic E-state index is 0.363. The van der Waals surface area contributed by atoms with Crippen molar-refractivity contribution in [2.75, 3.05) is 39.5 Å². The molecular formula is C14H22N2OS. The largest absolute Gasteiger partial charge is 0.375 e. The Hall–Kier alpha value is -0.550. The number of likely N-dealkylation sites (N-methyl/N-ethyl adjacent to an activating group) is 1. The van der Waals surface area contributed by atoms with Gasteiger partial charge in [-0.15, -0.1) is 11.8 Å². The average Bonchev–Trinajstić information content (AvgIpc) is 2.37. The summed E-state index contributed by atoms with van der Waals surface area (Å²) in [6.07, 6.45) is 0.363. The quantitative estimate of drug-likeness (QED) is 0.822. The van der Waals surface area contributed by atoms with Crippen molar-refractivity contribution in [2.24, 2.45) is 0 Å². The van der Waals surface area contributed by atoms with Crippen LogP contribution >= 0.6 is 11.8 Å². The van der Waals surface area contributed by atoms with Gasteiger partial charge in [0.2, 0.25) is 0 Å². The fourth-order valence-corrected chi connectivity index (χ4v) is 3.10. The predicted molar refractivity (Wildman–Crippen MR) is 77.2 cm³/mol. The normalized spacial score (nSPS) is 21.1. The predicted octanol–water partition coefficient (Wildman–Crippen LogP) is 1.83. The lowest BCUT2D eigenvalue weighted by molar-refractivity contribution is -0.00598. The Bertz CT molecular complexity index is 373. The summed E-state index contributed by atoms with van der Waals surface area (Å²) < 4.78 is 5.77. The molecule has 0 bridgehead atoms. The van der Waals surface area contributed by atoms with Gasteiger partial charge in [-0.1, -0.05) is 12.1 Å². The highest BCUT2D eigenvalue weighted by Crippen LogP contribution is 2.21. The van der Waals surface area contributed by atoms with E-state index in [1.54, 1.807) is 0 Å². The fraction of sp³-hybridized carbons (Fsp3) is 0.571. The highest BCUT2D eigenvalue weighted by atomic mass is 32.2. The van der Waals surface area contributed by atoms with Crippen LogP contribution in [0.25, 0.3) is 0 Å². The molecule has 2 rings (SSSR count). The van der Waals surface area contributed by atoms with E-state index in [4.69, 9.17) is 4.74 Å². The maximum atomic E-state index is 5.77. The van der Waals surface area contributed by atoms with Crippen LogP contribution in [-0.2, 0) is 11.3 Å². The number of benzene rings is 1. The van der Waals surface area contributed by atoms with E-state index in [0.29, 0.717) is 6.10 Å². The van der Waals surface area contributed by atoms with Gasteiger partial charge in [-0.25, -0.2) is 0 Å². The van der Waals surface area contributed by atoms with Crippen LogP contribution in [0.4, 0.5) is 0 Å². The zero-order valence-corrected chi connectivity index (χ0v) is 12.0. The van der Waals surface area contributed by atoms with Crippen molar-refractivity contribution in [1.82, 2.24) is 10.2 Å². The molecule has 1 aliphatic rings. The summed E-state index contributed by atoms with van der Waals surface area (Å²) in [4.78, 5) is 3.67. The molecule has 1 heterocycles. The van der Waals surface area contributed by atoms with E-state index >= 15 is 0 Å². The molecule has 0 aliphatic carbocycles. The SMILES string of the molecule is CNCc1cccc(SCC2CN(C)CCO2)c1. The van der Waals surface area contributed by atoms with Crippen LogP contribution < -0.4 is 5.32 Å². The Balaban J connectivity index is 1.83. The van der Waals surface area contributed by atoms with Crippen LogP contribution in [0.15, 0.2) is 29.2 Å². The minimum atomic E-state index is 0.363. The van der Waals surface area contributed by atoms with E-state index < -0.39 is 0 Å². The molecule has 3 nitrogen and oxygen atoms in total. The van der Waals surface area contributed by atoms with Gasteiger partial charge in [-0.05, 0) is 31.8 Å². The zero-order chi connectivity index (χ0) is 12.8. The summed E-state index contributed by atoms with van der Waals surface area (Å²) >= 11 is 1.89. The molecule has 1 aromatic carbocycles. The third-order valence-corrected chi connectivity index (χ3v) is 4.18. The van der Waals surface area contributed by atoms with Crippen LogP contribution in [0.3, 0.4) is 0 Å². The summed E-state index contributed by atoms with van der Waals surface area (Å²) in [5.74, 6) is 1.04. The van der Waals surface area contributed by atoms with E-state index in [0.717, 1.165) is 32.0 Å². The Morgan fingerprint density at radius 1 is 1.50 bits per heavy atom. The van der Waals surface area contributed by atoms with Gasteiger partial charge < -0.3 is 15.0 Å². The first-order valence-electron chi connectivity index (χ1n) is 6.44. The first kappa shape index (κ1) is 13.9. The van der Waals surface area contributed by atoms with Crippen molar-refractivity contribution in [2.45, 2.75) is 17.5 Å². The van der Waals surface area contributed by atoms with Gasteiger partial charge >= 0.3 is 0 Å². The van der Waals surface area contributed by atoms with Crippen LogP contribution in [0.2, 0.25) is 0 Å². The molecule has 1 atom stereocenters. The van der Waals surface area contributed by atoms with Crippen LogP contribution in [-0.4, -0.2) is 50.5 Å². The van der Waals surface area contributed by atoms with Crippen molar-refractivity contribution in [3.63, 3.8) is 0 Å². The number of thioether (sulfide) groups is 1. The molecule has 1 N–H and O–H groups in total. The summed E-state index contributed by atoms with van der Waals surface area (Å²) in [5, 5.41) is 3.18. The smallest absolute Gasteiger partial charge is 0.0796 e. The zero-order valence-electron chi connectivity index (χ0n) is 11.2. The minimum Gasteiger partial charge on any atom is -0.375 e. The molecular weight excluding hydrogens is 244 g/mol. The van der Waals surface area contributed by atoms with Gasteiger partial charge in [0, 0.05) is 30.3 Å². The summed E-state index contributed by atoms with van der Waals surface area (Å²) in [6.45, 7) is 3.89. The summed E-state index contributed by atoms with van der Waals surface area (Å²) in [7, 11) is 4.14. The van der Waals surface area contributed by atoms with Gasteiger partial charge in [-0.3, -0.25) is 0 Å². The van der Waals surface area contributed by atoms with E-state index in [2.05, 4.69) is 41.5 Å². The number of nitrogens with zero attached hydrogens (tertiary/aromatic N) is 1. The van der Waals surface area contributed by atoms with Crippen molar-refractivity contribution >= 4 is 11.8 Å². The highest BCUT2D eigenvalue weighted by molar-refractivity contribution is 7.99. The molecule has 1 aliphatic heterocycles. The van der Waals surface area contributed by atoms with Crippen LogP contribution in [0.5, 0.6) is 0 Å². The lowest BCUT2D eigenvalue weighted by Gasteiger charge is -2.29. The molecule has 18 heavy (non-hydrogen) atoms. The number of hydrogen-bond acceptors (Lipinski definition) is 4. The Morgan fingerprint density at radius 2 is 2.39 bits per heavy atom. The Morgan fingerprint density at radius 3 is 3.17 bits per heavy atom. The highest BCUT2D eigenvalue weighted by Gasteiger charge is 2.17. The maximum absolute atomic E-state index is 5.77. The fourth-order valence-electron chi connectivity index (χ4n) is 2.11. The molecule has 0 saturated carbocycles. The van der Waals surface area contributed by atoms with Crippen molar-refractivity contribution < 1.29 is 4.74 Å². The van der Waals surface area contributed by atoms with E-state index in [1.807, 2.05) is 18.8 Å². The molecule has 0 spiro atoms.